The third-order valence-corrected chi connectivity index (χ3v) is 7.10. The summed E-state index contributed by atoms with van der Waals surface area (Å²) in [7, 11) is 0. The fourth-order valence-corrected chi connectivity index (χ4v) is 5.43. The molecule has 1 saturated carbocycles. The first-order chi connectivity index (χ1) is 15.7. The number of morpholine rings is 1. The van der Waals surface area contributed by atoms with Gasteiger partial charge in [0.1, 0.15) is 5.84 Å². The number of aromatic nitrogens is 4. The van der Waals surface area contributed by atoms with Crippen LogP contribution < -0.4 is 9.80 Å². The predicted molar refractivity (Wildman–Crippen MR) is 127 cm³/mol. The standard InChI is InChI=1S/C23H26ClN7O/c1-14-26-19-13-15(24)5-6-20(19)31(14)23-28-21(17-3-2-4-18-16(17)7-8-25-18)27-22(29-23)30-9-11-32-12-10-30/h2-4,7-8,15,19-20,25H,5-6,9-13H2,1H3/t15?,19?,20-/m1/s1. The largest absolute Gasteiger partial charge is 0.378 e. The Bertz CT molecular complexity index is 1170. The number of aromatic amines is 1. The molecule has 1 saturated heterocycles. The normalized spacial score (nSPS) is 25.8. The van der Waals surface area contributed by atoms with Gasteiger partial charge in [0.15, 0.2) is 5.82 Å². The Kier molecular flexibility index (Phi) is 4.99. The van der Waals surface area contributed by atoms with Crippen molar-refractivity contribution >= 4 is 40.2 Å². The second kappa shape index (κ2) is 8.01. The second-order valence-electron chi connectivity index (χ2n) is 8.69. The SMILES string of the molecule is CC1=NC2CC(Cl)CC[C@H]2N1c1nc(-c2cccc3[nH]ccc23)nc(N2CCOCC2)n1. The quantitative estimate of drug-likeness (QED) is 0.612. The summed E-state index contributed by atoms with van der Waals surface area (Å²) in [6.07, 6.45) is 4.82. The van der Waals surface area contributed by atoms with Gasteiger partial charge in [-0.25, -0.2) is 0 Å². The van der Waals surface area contributed by atoms with Gasteiger partial charge in [-0.15, -0.1) is 11.6 Å². The molecule has 166 valence electrons. The molecule has 3 atom stereocenters. The van der Waals surface area contributed by atoms with Crippen molar-refractivity contribution in [2.45, 2.75) is 43.6 Å². The van der Waals surface area contributed by atoms with E-state index in [1.165, 1.54) is 0 Å². The fourth-order valence-electron chi connectivity index (χ4n) is 5.12. The molecule has 2 aliphatic heterocycles. The van der Waals surface area contributed by atoms with Gasteiger partial charge in [0.05, 0.1) is 25.3 Å². The highest BCUT2D eigenvalue weighted by Crippen LogP contribution is 2.36. The number of hydrogen-bond donors (Lipinski definition) is 1. The van der Waals surface area contributed by atoms with Crippen LogP contribution in [0, 0.1) is 0 Å². The van der Waals surface area contributed by atoms with Crippen molar-refractivity contribution in [2.75, 3.05) is 36.1 Å². The van der Waals surface area contributed by atoms with E-state index in [1.807, 2.05) is 19.2 Å². The number of rotatable bonds is 3. The Morgan fingerprint density at radius 2 is 1.91 bits per heavy atom. The third kappa shape index (κ3) is 3.42. The predicted octanol–water partition coefficient (Wildman–Crippen LogP) is 3.62. The van der Waals surface area contributed by atoms with Gasteiger partial charge in [-0.2, -0.15) is 15.0 Å². The van der Waals surface area contributed by atoms with Crippen LogP contribution in [0.1, 0.15) is 26.2 Å². The molecule has 0 bridgehead atoms. The molecular formula is C23H26ClN7O. The van der Waals surface area contributed by atoms with Crippen LogP contribution >= 0.6 is 11.6 Å². The van der Waals surface area contributed by atoms with E-state index in [2.05, 4.69) is 33.0 Å². The average Bonchev–Trinajstić information content (AvgIpc) is 3.42. The smallest absolute Gasteiger partial charge is 0.236 e. The molecule has 6 rings (SSSR count). The Morgan fingerprint density at radius 3 is 2.78 bits per heavy atom. The Morgan fingerprint density at radius 1 is 1.06 bits per heavy atom. The van der Waals surface area contributed by atoms with Crippen LogP contribution in [-0.4, -0.2) is 69.5 Å². The topological polar surface area (TPSA) is 82.5 Å². The summed E-state index contributed by atoms with van der Waals surface area (Å²) in [5.74, 6) is 3.01. The summed E-state index contributed by atoms with van der Waals surface area (Å²) < 4.78 is 5.55. The molecule has 8 nitrogen and oxygen atoms in total. The molecular weight excluding hydrogens is 426 g/mol. The van der Waals surface area contributed by atoms with E-state index in [-0.39, 0.29) is 17.5 Å². The summed E-state index contributed by atoms with van der Waals surface area (Å²) in [5.41, 5.74) is 2.06. The fraction of sp³-hybridized carbons (Fsp3) is 0.478. The molecule has 9 heteroatoms. The van der Waals surface area contributed by atoms with Crippen LogP contribution in [0.2, 0.25) is 0 Å². The molecule has 0 amide bonds. The van der Waals surface area contributed by atoms with Gasteiger partial charge < -0.3 is 14.6 Å². The zero-order chi connectivity index (χ0) is 21.7. The lowest BCUT2D eigenvalue weighted by atomic mass is 9.90. The maximum absolute atomic E-state index is 6.45. The lowest BCUT2D eigenvalue weighted by Crippen LogP contribution is -2.44. The average molecular weight is 452 g/mol. The molecule has 0 spiro atoms. The highest BCUT2D eigenvalue weighted by Gasteiger charge is 2.41. The van der Waals surface area contributed by atoms with Gasteiger partial charge in [-0.05, 0) is 38.3 Å². The first-order valence-corrected chi connectivity index (χ1v) is 11.7. The number of H-pyrrole nitrogens is 1. The van der Waals surface area contributed by atoms with E-state index in [0.29, 0.717) is 30.9 Å². The molecule has 0 radical (unpaired) electrons. The molecule has 2 aromatic heterocycles. The number of nitrogens with one attached hydrogen (secondary N) is 1. The first kappa shape index (κ1) is 19.9. The highest BCUT2D eigenvalue weighted by molar-refractivity contribution is 6.20. The van der Waals surface area contributed by atoms with Crippen molar-refractivity contribution in [3.05, 3.63) is 30.5 Å². The Balaban J connectivity index is 1.47. The van der Waals surface area contributed by atoms with Gasteiger partial charge in [0, 0.05) is 41.1 Å². The van der Waals surface area contributed by atoms with Crippen LogP contribution in [0.4, 0.5) is 11.9 Å². The van der Waals surface area contributed by atoms with Crippen molar-refractivity contribution in [3.63, 3.8) is 0 Å². The van der Waals surface area contributed by atoms with Crippen LogP contribution in [0.3, 0.4) is 0 Å². The van der Waals surface area contributed by atoms with E-state index in [0.717, 1.165) is 54.7 Å². The maximum Gasteiger partial charge on any atom is 0.236 e. The minimum atomic E-state index is 0.191. The number of ether oxygens (including phenoxy) is 1. The number of aliphatic imine (C=N–C) groups is 1. The van der Waals surface area contributed by atoms with E-state index in [4.69, 9.17) is 36.3 Å². The van der Waals surface area contributed by atoms with E-state index >= 15 is 0 Å². The van der Waals surface area contributed by atoms with Crippen LogP contribution in [0.25, 0.3) is 22.3 Å². The van der Waals surface area contributed by atoms with Crippen molar-refractivity contribution in [2.24, 2.45) is 4.99 Å². The zero-order valence-corrected chi connectivity index (χ0v) is 18.8. The van der Waals surface area contributed by atoms with Crippen LogP contribution in [-0.2, 0) is 4.74 Å². The van der Waals surface area contributed by atoms with Crippen molar-refractivity contribution in [3.8, 4) is 11.4 Å². The van der Waals surface area contributed by atoms with Crippen molar-refractivity contribution in [1.29, 1.82) is 0 Å². The Hall–Kier alpha value is -2.71. The van der Waals surface area contributed by atoms with E-state index < -0.39 is 0 Å². The van der Waals surface area contributed by atoms with E-state index in [1.54, 1.807) is 0 Å². The minimum Gasteiger partial charge on any atom is -0.378 e. The summed E-state index contributed by atoms with van der Waals surface area (Å²) in [6, 6.07) is 8.70. The number of anilines is 2. The lowest BCUT2D eigenvalue weighted by molar-refractivity contribution is 0.122. The van der Waals surface area contributed by atoms with Gasteiger partial charge in [0.2, 0.25) is 11.9 Å². The molecule has 1 aliphatic carbocycles. The van der Waals surface area contributed by atoms with E-state index in [9.17, 15) is 0 Å². The van der Waals surface area contributed by atoms with Gasteiger partial charge in [-0.3, -0.25) is 9.89 Å². The van der Waals surface area contributed by atoms with Crippen LogP contribution in [0.15, 0.2) is 35.5 Å². The second-order valence-corrected chi connectivity index (χ2v) is 9.31. The minimum absolute atomic E-state index is 0.191. The van der Waals surface area contributed by atoms with Crippen LogP contribution in [0.5, 0.6) is 0 Å². The maximum atomic E-state index is 6.45. The molecule has 3 aliphatic rings. The molecule has 2 fully saturated rings. The number of fused-ring (bicyclic) bond motifs is 2. The van der Waals surface area contributed by atoms with Gasteiger partial charge in [0.25, 0.3) is 0 Å². The summed E-state index contributed by atoms with van der Waals surface area (Å²) >= 11 is 6.45. The first-order valence-electron chi connectivity index (χ1n) is 11.3. The molecule has 1 aromatic carbocycles. The van der Waals surface area contributed by atoms with Crippen molar-refractivity contribution in [1.82, 2.24) is 19.9 Å². The molecule has 3 aromatic rings. The van der Waals surface area contributed by atoms with Gasteiger partial charge >= 0.3 is 0 Å². The molecule has 2 unspecified atom stereocenters. The lowest BCUT2D eigenvalue weighted by Gasteiger charge is -2.33. The number of halogens is 1. The zero-order valence-electron chi connectivity index (χ0n) is 18.0. The number of benzene rings is 1. The summed E-state index contributed by atoms with van der Waals surface area (Å²) in [4.78, 5) is 27.5. The number of amidine groups is 1. The highest BCUT2D eigenvalue weighted by atomic mass is 35.5. The number of alkyl halides is 1. The molecule has 32 heavy (non-hydrogen) atoms. The van der Waals surface area contributed by atoms with Gasteiger partial charge in [-0.1, -0.05) is 12.1 Å². The monoisotopic (exact) mass is 451 g/mol. The number of nitrogens with zero attached hydrogens (tertiary/aromatic N) is 6. The third-order valence-electron chi connectivity index (χ3n) is 6.71. The summed E-state index contributed by atoms with van der Waals surface area (Å²) in [6.45, 7) is 4.94. The van der Waals surface area contributed by atoms with Crippen molar-refractivity contribution < 1.29 is 4.74 Å². The summed E-state index contributed by atoms with van der Waals surface area (Å²) in [5, 5.41) is 1.29. The molecule has 1 N–H and O–H groups in total. The number of hydrogen-bond acceptors (Lipinski definition) is 7. The molecule has 4 heterocycles. The Labute approximate surface area is 191 Å².